The minimum Gasteiger partial charge on any atom is -0.466 e. The highest BCUT2D eigenvalue weighted by molar-refractivity contribution is 6.01. The van der Waals surface area contributed by atoms with Crippen molar-refractivity contribution in [1.82, 2.24) is 10.2 Å². The van der Waals surface area contributed by atoms with Crippen molar-refractivity contribution < 1.29 is 27.5 Å². The van der Waals surface area contributed by atoms with Crippen molar-refractivity contribution >= 4 is 11.9 Å². The molecule has 3 aromatic rings. The number of nitrogens with zero attached hydrogens (tertiary/aromatic N) is 1. The first-order valence-corrected chi connectivity index (χ1v) is 14.6. The molecular weight excluding hydrogens is 541 g/mol. The van der Waals surface area contributed by atoms with Gasteiger partial charge in [-0.3, -0.25) is 9.59 Å². The summed E-state index contributed by atoms with van der Waals surface area (Å²) >= 11 is 0. The maximum absolute atomic E-state index is 13.3. The molecule has 1 saturated heterocycles. The zero-order valence-corrected chi connectivity index (χ0v) is 24.3. The van der Waals surface area contributed by atoms with Gasteiger partial charge in [-0.05, 0) is 67.1 Å². The quantitative estimate of drug-likeness (QED) is 0.243. The Labute approximate surface area is 246 Å². The minimum absolute atomic E-state index is 0.000981. The Balaban J connectivity index is 1.34. The van der Waals surface area contributed by atoms with Crippen LogP contribution in [0.1, 0.15) is 67.4 Å². The van der Waals surface area contributed by atoms with Crippen molar-refractivity contribution in [2.24, 2.45) is 0 Å². The Morgan fingerprint density at radius 2 is 1.55 bits per heavy atom. The number of amides is 1. The van der Waals surface area contributed by atoms with Gasteiger partial charge in [-0.2, -0.15) is 13.2 Å². The molecule has 8 heteroatoms. The molecule has 1 amide bonds. The molecule has 0 bridgehead atoms. The average Bonchev–Trinajstić information content (AvgIpc) is 3.00. The van der Waals surface area contributed by atoms with Crippen LogP contribution in [0.5, 0.6) is 0 Å². The fourth-order valence-corrected chi connectivity index (χ4v) is 5.50. The summed E-state index contributed by atoms with van der Waals surface area (Å²) in [5.74, 6) is -0.410. The van der Waals surface area contributed by atoms with Gasteiger partial charge in [0.25, 0.3) is 5.91 Å². The van der Waals surface area contributed by atoms with Crippen LogP contribution >= 0.6 is 0 Å². The molecule has 4 rings (SSSR count). The van der Waals surface area contributed by atoms with Crippen molar-refractivity contribution in [2.75, 3.05) is 26.2 Å². The predicted octanol–water partition coefficient (Wildman–Crippen LogP) is 7.26. The number of alkyl halides is 3. The topological polar surface area (TPSA) is 58.6 Å². The number of carbonyl (C=O) groups is 2. The van der Waals surface area contributed by atoms with Gasteiger partial charge in [0.05, 0.1) is 18.6 Å². The largest absolute Gasteiger partial charge is 0.466 e. The van der Waals surface area contributed by atoms with E-state index in [1.807, 2.05) is 25.1 Å². The monoisotopic (exact) mass is 580 g/mol. The van der Waals surface area contributed by atoms with E-state index in [1.165, 1.54) is 12.1 Å². The Morgan fingerprint density at radius 1 is 0.905 bits per heavy atom. The summed E-state index contributed by atoms with van der Waals surface area (Å²) in [6.45, 7) is 6.99. The van der Waals surface area contributed by atoms with Crippen LogP contribution in [0.4, 0.5) is 13.2 Å². The Kier molecular flexibility index (Phi) is 10.4. The number of nitrogens with one attached hydrogen (secondary N) is 1. The molecule has 0 aliphatic carbocycles. The van der Waals surface area contributed by atoms with Crippen LogP contribution < -0.4 is 5.32 Å². The second kappa shape index (κ2) is 14.0. The number of esters is 1. The number of halogens is 3. The molecule has 0 radical (unpaired) electrons. The van der Waals surface area contributed by atoms with Crippen LogP contribution in [-0.4, -0.2) is 49.1 Å². The van der Waals surface area contributed by atoms with Crippen LogP contribution in [0.2, 0.25) is 0 Å². The van der Waals surface area contributed by atoms with Crippen LogP contribution in [-0.2, 0) is 21.1 Å². The van der Waals surface area contributed by atoms with Gasteiger partial charge in [0.1, 0.15) is 0 Å². The van der Waals surface area contributed by atoms with Gasteiger partial charge in [-0.15, -0.1) is 0 Å². The number of hydrogen-bond acceptors (Lipinski definition) is 4. The number of rotatable bonds is 11. The Morgan fingerprint density at radius 3 is 2.19 bits per heavy atom. The highest BCUT2D eigenvalue weighted by Crippen LogP contribution is 2.34. The van der Waals surface area contributed by atoms with Crippen LogP contribution in [0, 0.1) is 0 Å². The van der Waals surface area contributed by atoms with Crippen molar-refractivity contribution in [3.63, 3.8) is 0 Å². The maximum Gasteiger partial charge on any atom is 0.416 e. The Bertz CT molecular complexity index is 1320. The first-order chi connectivity index (χ1) is 20.1. The van der Waals surface area contributed by atoms with Gasteiger partial charge in [0, 0.05) is 30.1 Å². The molecular formula is C34H39F3N2O3. The number of benzene rings is 3. The molecule has 3 aromatic carbocycles. The lowest BCUT2D eigenvalue weighted by Crippen LogP contribution is -2.45. The van der Waals surface area contributed by atoms with Gasteiger partial charge >= 0.3 is 12.1 Å². The molecule has 1 fully saturated rings. The summed E-state index contributed by atoms with van der Waals surface area (Å²) in [5, 5.41) is 3.14. The average molecular weight is 581 g/mol. The van der Waals surface area contributed by atoms with E-state index < -0.39 is 11.7 Å². The summed E-state index contributed by atoms with van der Waals surface area (Å²) < 4.78 is 44.4. The Hall–Kier alpha value is -3.65. The minimum atomic E-state index is -4.41. The van der Waals surface area contributed by atoms with Crippen LogP contribution in [0.3, 0.4) is 0 Å². The summed E-state index contributed by atoms with van der Waals surface area (Å²) in [5.41, 5.74) is 1.64. The molecule has 5 nitrogen and oxygen atoms in total. The second-order valence-corrected chi connectivity index (χ2v) is 11.3. The highest BCUT2D eigenvalue weighted by atomic mass is 19.4. The van der Waals surface area contributed by atoms with Gasteiger partial charge in [-0.25, -0.2) is 0 Å². The molecule has 42 heavy (non-hydrogen) atoms. The van der Waals surface area contributed by atoms with Gasteiger partial charge in [0.15, 0.2) is 0 Å². The molecule has 1 aliphatic heterocycles. The summed E-state index contributed by atoms with van der Waals surface area (Å²) in [7, 11) is 0. The predicted molar refractivity (Wildman–Crippen MR) is 158 cm³/mol. The smallest absolute Gasteiger partial charge is 0.416 e. The lowest BCUT2D eigenvalue weighted by Gasteiger charge is -2.36. The number of hydrogen-bond donors (Lipinski definition) is 1. The van der Waals surface area contributed by atoms with Crippen LogP contribution in [0.25, 0.3) is 11.1 Å². The second-order valence-electron chi connectivity index (χ2n) is 11.3. The van der Waals surface area contributed by atoms with E-state index in [9.17, 15) is 22.8 Å². The van der Waals surface area contributed by atoms with Crippen LogP contribution in [0.15, 0.2) is 78.9 Å². The first kappa shape index (κ1) is 31.3. The summed E-state index contributed by atoms with van der Waals surface area (Å²) in [6.07, 6.45) is -0.925. The van der Waals surface area contributed by atoms with Gasteiger partial charge in [0.2, 0.25) is 0 Å². The van der Waals surface area contributed by atoms with Gasteiger partial charge < -0.3 is 15.0 Å². The normalized spacial score (nSPS) is 16.0. The molecule has 0 aromatic heterocycles. The molecule has 1 aliphatic rings. The van der Waals surface area contributed by atoms with E-state index in [0.29, 0.717) is 29.7 Å². The fraction of sp³-hybridized carbons (Fsp3) is 0.412. The number of carbonyl (C=O) groups excluding carboxylic acids is 2. The molecule has 1 atom stereocenters. The van der Waals surface area contributed by atoms with E-state index in [4.69, 9.17) is 4.74 Å². The van der Waals surface area contributed by atoms with E-state index >= 15 is 0 Å². The SMILES string of the molecule is CCCOC(=O)CC(C)(CCN1CCC(NC(=O)c2ccccc2-c2ccc(C(F)(F)F)cc2)CC1)c1ccccc1. The third-order valence-corrected chi connectivity index (χ3v) is 8.07. The standard InChI is InChI=1S/C34H39F3N2O3/c1-3-23-42-31(40)24-33(2,26-9-5-4-6-10-26)19-22-39-20-17-28(18-21-39)38-32(41)30-12-8-7-11-29(30)25-13-15-27(16-14-25)34(35,36)37/h4-16,28H,3,17-24H2,1-2H3,(H,38,41). The lowest BCUT2D eigenvalue weighted by atomic mass is 9.76. The molecule has 1 heterocycles. The number of ether oxygens (including phenoxy) is 1. The number of likely N-dealkylation sites (tertiary alicyclic amines) is 1. The fourth-order valence-electron chi connectivity index (χ4n) is 5.50. The summed E-state index contributed by atoms with van der Waals surface area (Å²) in [4.78, 5) is 28.2. The zero-order chi connectivity index (χ0) is 30.2. The van der Waals surface area contributed by atoms with E-state index in [0.717, 1.165) is 63.0 Å². The molecule has 1 N–H and O–H groups in total. The first-order valence-electron chi connectivity index (χ1n) is 14.6. The molecule has 0 spiro atoms. The zero-order valence-electron chi connectivity index (χ0n) is 24.3. The third-order valence-electron chi connectivity index (χ3n) is 8.07. The maximum atomic E-state index is 13.3. The molecule has 0 saturated carbocycles. The lowest BCUT2D eigenvalue weighted by molar-refractivity contribution is -0.145. The number of piperidine rings is 1. The highest BCUT2D eigenvalue weighted by Gasteiger charge is 2.32. The summed E-state index contributed by atoms with van der Waals surface area (Å²) in [6, 6.07) is 22.0. The van der Waals surface area contributed by atoms with Gasteiger partial charge in [-0.1, -0.05) is 74.5 Å². The molecule has 224 valence electrons. The third kappa shape index (κ3) is 8.22. The van der Waals surface area contributed by atoms with Crippen molar-refractivity contribution in [3.8, 4) is 11.1 Å². The van der Waals surface area contributed by atoms with Crippen molar-refractivity contribution in [3.05, 3.63) is 95.6 Å². The van der Waals surface area contributed by atoms with Crippen molar-refractivity contribution in [1.29, 1.82) is 0 Å². The van der Waals surface area contributed by atoms with E-state index in [-0.39, 0.29) is 23.3 Å². The van der Waals surface area contributed by atoms with E-state index in [1.54, 1.807) is 24.3 Å². The van der Waals surface area contributed by atoms with E-state index in [2.05, 4.69) is 29.3 Å². The molecule has 1 unspecified atom stereocenters. The van der Waals surface area contributed by atoms with Crippen molar-refractivity contribution in [2.45, 2.75) is 63.6 Å².